The van der Waals surface area contributed by atoms with E-state index >= 15 is 0 Å². The number of ether oxygens (including phenoxy) is 1. The first kappa shape index (κ1) is 29.5. The Labute approximate surface area is 311 Å². The first-order valence-corrected chi connectivity index (χ1v) is 18.5. The lowest BCUT2D eigenvalue weighted by Gasteiger charge is -2.45. The summed E-state index contributed by atoms with van der Waals surface area (Å²) in [4.78, 5) is 2.34. The third-order valence-corrected chi connectivity index (χ3v) is 11.7. The largest absolute Gasteiger partial charge is 0.457 e. The van der Waals surface area contributed by atoms with Crippen molar-refractivity contribution in [2.24, 2.45) is 0 Å². The number of fused-ring (bicyclic) bond motifs is 13. The lowest BCUT2D eigenvalue weighted by atomic mass is 9.58. The summed E-state index contributed by atoms with van der Waals surface area (Å²) < 4.78 is 13.5. The van der Waals surface area contributed by atoms with Gasteiger partial charge in [-0.1, -0.05) is 127 Å². The van der Waals surface area contributed by atoms with E-state index in [9.17, 15) is 0 Å². The standard InChI is InChI=1S/C51H31NO2/c1-2-15-34(16-3-1)52(36-25-28-39-41-27-24-32-12-4-5-17-37(32)50(41)54-48(39)31-36)35-26-29-47-45(30-35)51(43-21-8-9-23-46(43)53-47)42-20-7-6-18-38(42)40-19-10-13-33-14-11-22-44(51)49(33)40/h1-31H. The SMILES string of the molecule is c1ccc(N(c2ccc3c(c2)C2(c4ccccc4O3)c3ccccc3-c3cccc4cccc2c34)c2ccc3c(c2)oc2c4ccccc4ccc32)cc1. The minimum atomic E-state index is -0.628. The Balaban J connectivity index is 1.14. The van der Waals surface area contributed by atoms with Gasteiger partial charge in [0.2, 0.25) is 0 Å². The molecule has 1 aliphatic carbocycles. The van der Waals surface area contributed by atoms with Crippen molar-refractivity contribution >= 4 is 60.5 Å². The Morgan fingerprint density at radius 3 is 1.98 bits per heavy atom. The number of para-hydroxylation sites is 2. The number of rotatable bonds is 3. The van der Waals surface area contributed by atoms with Gasteiger partial charge in [-0.2, -0.15) is 0 Å². The Morgan fingerprint density at radius 1 is 0.389 bits per heavy atom. The van der Waals surface area contributed by atoms with Crippen LogP contribution in [0.5, 0.6) is 11.5 Å². The predicted octanol–water partition coefficient (Wildman–Crippen LogP) is 13.8. The molecule has 1 spiro atoms. The van der Waals surface area contributed by atoms with Crippen molar-refractivity contribution in [3.05, 3.63) is 210 Å². The van der Waals surface area contributed by atoms with Crippen molar-refractivity contribution in [3.8, 4) is 22.6 Å². The summed E-state index contributed by atoms with van der Waals surface area (Å²) in [5, 5.41) is 7.04. The van der Waals surface area contributed by atoms with Gasteiger partial charge in [-0.3, -0.25) is 0 Å². The highest BCUT2D eigenvalue weighted by molar-refractivity contribution is 6.15. The number of benzene rings is 9. The van der Waals surface area contributed by atoms with Crippen molar-refractivity contribution in [3.63, 3.8) is 0 Å². The summed E-state index contributed by atoms with van der Waals surface area (Å²) in [5.74, 6) is 1.74. The third kappa shape index (κ3) is 3.90. The fourth-order valence-electron chi connectivity index (χ4n) is 9.47. The van der Waals surface area contributed by atoms with Crippen LogP contribution in [0.1, 0.15) is 22.3 Å². The van der Waals surface area contributed by atoms with Crippen LogP contribution >= 0.6 is 0 Å². The monoisotopic (exact) mass is 689 g/mol. The van der Waals surface area contributed by atoms with Crippen molar-refractivity contribution in [2.45, 2.75) is 5.41 Å². The van der Waals surface area contributed by atoms with Crippen LogP contribution in [0.25, 0.3) is 54.6 Å². The second-order valence-electron chi connectivity index (χ2n) is 14.4. The van der Waals surface area contributed by atoms with E-state index in [2.05, 4.69) is 193 Å². The highest BCUT2D eigenvalue weighted by Crippen LogP contribution is 2.61. The van der Waals surface area contributed by atoms with Crippen LogP contribution in [0.3, 0.4) is 0 Å². The fraction of sp³-hybridized carbons (Fsp3) is 0.0196. The molecular weight excluding hydrogens is 659 g/mol. The van der Waals surface area contributed by atoms with Crippen LogP contribution in [0.4, 0.5) is 17.1 Å². The van der Waals surface area contributed by atoms with Crippen molar-refractivity contribution in [1.29, 1.82) is 0 Å². The molecular formula is C51H31NO2. The summed E-state index contributed by atoms with van der Waals surface area (Å²) in [6.45, 7) is 0. The Kier molecular flexibility index (Phi) is 5.98. The molecule has 252 valence electrons. The molecule has 2 heterocycles. The number of furan rings is 1. The molecule has 0 fully saturated rings. The van der Waals surface area contributed by atoms with E-state index in [4.69, 9.17) is 9.15 Å². The van der Waals surface area contributed by atoms with Gasteiger partial charge in [-0.15, -0.1) is 0 Å². The summed E-state index contributed by atoms with van der Waals surface area (Å²) in [6, 6.07) is 67.7. The summed E-state index contributed by atoms with van der Waals surface area (Å²) >= 11 is 0. The molecule has 0 radical (unpaired) electrons. The van der Waals surface area contributed by atoms with Crippen LogP contribution in [0.2, 0.25) is 0 Å². The van der Waals surface area contributed by atoms with Gasteiger partial charge in [-0.05, 0) is 93.0 Å². The molecule has 0 saturated carbocycles. The molecule has 54 heavy (non-hydrogen) atoms. The number of hydrogen-bond donors (Lipinski definition) is 0. The molecule has 1 aromatic heterocycles. The van der Waals surface area contributed by atoms with Crippen LogP contribution in [0.15, 0.2) is 192 Å². The average Bonchev–Trinajstić information content (AvgIpc) is 3.61. The summed E-state index contributed by atoms with van der Waals surface area (Å²) in [7, 11) is 0. The van der Waals surface area contributed by atoms with Gasteiger partial charge in [-0.25, -0.2) is 0 Å². The van der Waals surface area contributed by atoms with Crippen molar-refractivity contribution in [2.75, 3.05) is 4.90 Å². The Hall–Kier alpha value is -7.10. The normalized spacial score (nSPS) is 15.3. The van der Waals surface area contributed by atoms with Crippen LogP contribution in [-0.4, -0.2) is 0 Å². The van der Waals surface area contributed by atoms with Crippen molar-refractivity contribution < 1.29 is 9.15 Å². The van der Waals surface area contributed by atoms with Gasteiger partial charge in [0.25, 0.3) is 0 Å². The van der Waals surface area contributed by atoms with E-state index < -0.39 is 5.41 Å². The first-order chi connectivity index (χ1) is 26.8. The zero-order chi connectivity index (χ0) is 35.4. The maximum atomic E-state index is 6.84. The molecule has 3 heteroatoms. The molecule has 2 aliphatic rings. The van der Waals surface area contributed by atoms with Gasteiger partial charge < -0.3 is 14.1 Å². The first-order valence-electron chi connectivity index (χ1n) is 18.5. The molecule has 1 unspecified atom stereocenters. The maximum absolute atomic E-state index is 6.84. The van der Waals surface area contributed by atoms with Crippen LogP contribution in [0, 0.1) is 0 Å². The van der Waals surface area contributed by atoms with E-state index in [0.717, 1.165) is 67.0 Å². The minimum absolute atomic E-state index is 0.628. The Morgan fingerprint density at radius 2 is 1.06 bits per heavy atom. The van der Waals surface area contributed by atoms with E-state index in [1.807, 2.05) is 0 Å². The topological polar surface area (TPSA) is 25.6 Å². The quantitative estimate of drug-likeness (QED) is 0.185. The molecule has 0 amide bonds. The maximum Gasteiger partial charge on any atom is 0.143 e. The molecule has 3 nitrogen and oxygen atoms in total. The summed E-state index contributed by atoms with van der Waals surface area (Å²) in [5.41, 5.74) is 11.6. The molecule has 0 bridgehead atoms. The van der Waals surface area contributed by atoms with E-state index in [0.29, 0.717) is 0 Å². The van der Waals surface area contributed by atoms with Gasteiger partial charge in [0.1, 0.15) is 22.7 Å². The molecule has 0 N–H and O–H groups in total. The molecule has 12 rings (SSSR count). The molecule has 9 aromatic carbocycles. The average molecular weight is 690 g/mol. The van der Waals surface area contributed by atoms with Gasteiger partial charge in [0.05, 0.1) is 5.41 Å². The molecule has 1 aliphatic heterocycles. The molecule has 10 aromatic rings. The van der Waals surface area contributed by atoms with Gasteiger partial charge >= 0.3 is 0 Å². The number of anilines is 3. The van der Waals surface area contributed by atoms with Crippen LogP contribution in [-0.2, 0) is 5.41 Å². The predicted molar refractivity (Wildman–Crippen MR) is 221 cm³/mol. The second kappa shape index (κ2) is 11.0. The Bertz CT molecular complexity index is 3150. The fourth-order valence-corrected chi connectivity index (χ4v) is 9.47. The van der Waals surface area contributed by atoms with E-state index in [1.165, 1.54) is 38.4 Å². The molecule has 0 saturated heterocycles. The zero-order valence-corrected chi connectivity index (χ0v) is 29.2. The van der Waals surface area contributed by atoms with Crippen molar-refractivity contribution in [1.82, 2.24) is 0 Å². The lowest BCUT2D eigenvalue weighted by Crippen LogP contribution is -2.36. The van der Waals surface area contributed by atoms with Crippen LogP contribution < -0.4 is 9.64 Å². The van der Waals surface area contributed by atoms with E-state index in [1.54, 1.807) is 0 Å². The number of nitrogens with zero attached hydrogens (tertiary/aromatic N) is 1. The van der Waals surface area contributed by atoms with Gasteiger partial charge in [0.15, 0.2) is 0 Å². The smallest absolute Gasteiger partial charge is 0.143 e. The van der Waals surface area contributed by atoms with E-state index in [-0.39, 0.29) is 0 Å². The zero-order valence-electron chi connectivity index (χ0n) is 29.2. The number of hydrogen-bond acceptors (Lipinski definition) is 3. The summed E-state index contributed by atoms with van der Waals surface area (Å²) in [6.07, 6.45) is 0. The third-order valence-electron chi connectivity index (χ3n) is 11.7. The minimum Gasteiger partial charge on any atom is -0.457 e. The highest BCUT2D eigenvalue weighted by atomic mass is 16.5. The molecule has 1 atom stereocenters. The lowest BCUT2D eigenvalue weighted by molar-refractivity contribution is 0.435. The highest BCUT2D eigenvalue weighted by Gasteiger charge is 2.49. The second-order valence-corrected chi connectivity index (χ2v) is 14.4. The van der Waals surface area contributed by atoms with Gasteiger partial charge in [0, 0.05) is 50.4 Å².